The highest BCUT2D eigenvalue weighted by atomic mass is 16.1. The summed E-state index contributed by atoms with van der Waals surface area (Å²) in [6.07, 6.45) is 7.58. The molecule has 5 nitrogen and oxygen atoms in total. The van der Waals surface area contributed by atoms with Crippen molar-refractivity contribution in [3.05, 3.63) is 18.2 Å². The lowest BCUT2D eigenvalue weighted by atomic mass is 9.78. The summed E-state index contributed by atoms with van der Waals surface area (Å²) in [7, 11) is 0. The molecule has 2 heterocycles. The number of carbonyl (C=O) groups excluding carboxylic acids is 1. The second-order valence-electron chi connectivity index (χ2n) is 5.88. The zero-order valence-corrected chi connectivity index (χ0v) is 12.6. The Bertz CT molecular complexity index is 435. The first-order valence-electron chi connectivity index (χ1n) is 7.64. The minimum absolute atomic E-state index is 0.127. The highest BCUT2D eigenvalue weighted by Gasteiger charge is 2.31. The van der Waals surface area contributed by atoms with Crippen LogP contribution in [0.1, 0.15) is 45.2 Å². The van der Waals surface area contributed by atoms with E-state index in [9.17, 15) is 4.79 Å². The Labute approximate surface area is 121 Å². The predicted octanol–water partition coefficient (Wildman–Crippen LogP) is 1.44. The molecule has 1 amide bonds. The summed E-state index contributed by atoms with van der Waals surface area (Å²) in [6.45, 7) is 7.95. The van der Waals surface area contributed by atoms with Crippen LogP contribution in [-0.4, -0.2) is 35.1 Å². The Morgan fingerprint density at radius 1 is 1.50 bits per heavy atom. The molecule has 0 saturated carbocycles. The van der Waals surface area contributed by atoms with Crippen LogP contribution in [0.2, 0.25) is 0 Å². The van der Waals surface area contributed by atoms with Gasteiger partial charge in [0.25, 0.3) is 0 Å². The standard InChI is InChI=1S/C15H26N4O/c1-3-7-18-14(20)4-10-19-12-17-11-13(19)15(2)5-8-16-9-6-15/h11-12,16H,3-10H2,1-2H3,(H,18,20). The second-order valence-corrected chi connectivity index (χ2v) is 5.88. The van der Waals surface area contributed by atoms with E-state index in [-0.39, 0.29) is 11.3 Å². The van der Waals surface area contributed by atoms with Crippen molar-refractivity contribution in [3.8, 4) is 0 Å². The number of hydrogen-bond acceptors (Lipinski definition) is 3. The van der Waals surface area contributed by atoms with Crippen molar-refractivity contribution in [1.29, 1.82) is 0 Å². The SMILES string of the molecule is CCCNC(=O)CCn1cncc1C1(C)CCNCC1. The van der Waals surface area contributed by atoms with Crippen LogP contribution in [0.15, 0.2) is 12.5 Å². The van der Waals surface area contributed by atoms with Crippen LogP contribution >= 0.6 is 0 Å². The molecule has 0 unspecified atom stereocenters. The van der Waals surface area contributed by atoms with Crippen molar-refractivity contribution < 1.29 is 4.79 Å². The normalized spacial score (nSPS) is 17.9. The summed E-state index contributed by atoms with van der Waals surface area (Å²) in [6, 6.07) is 0. The average molecular weight is 278 g/mol. The van der Waals surface area contributed by atoms with E-state index in [0.717, 1.165) is 38.9 Å². The Morgan fingerprint density at radius 2 is 2.25 bits per heavy atom. The second kappa shape index (κ2) is 6.88. The minimum Gasteiger partial charge on any atom is -0.356 e. The average Bonchev–Trinajstić information content (AvgIpc) is 2.93. The third-order valence-electron chi connectivity index (χ3n) is 4.19. The van der Waals surface area contributed by atoms with E-state index in [2.05, 4.69) is 34.0 Å². The Hall–Kier alpha value is -1.36. The topological polar surface area (TPSA) is 59.0 Å². The number of rotatable bonds is 6. The van der Waals surface area contributed by atoms with Crippen LogP contribution in [0.3, 0.4) is 0 Å². The molecule has 2 rings (SSSR count). The monoisotopic (exact) mass is 278 g/mol. The van der Waals surface area contributed by atoms with Gasteiger partial charge in [0.2, 0.25) is 5.91 Å². The first-order valence-corrected chi connectivity index (χ1v) is 7.64. The molecule has 1 aliphatic rings. The third-order valence-corrected chi connectivity index (χ3v) is 4.19. The fraction of sp³-hybridized carbons (Fsp3) is 0.733. The molecule has 2 N–H and O–H groups in total. The summed E-state index contributed by atoms with van der Waals surface area (Å²) < 4.78 is 2.15. The molecule has 0 radical (unpaired) electrons. The molecule has 20 heavy (non-hydrogen) atoms. The van der Waals surface area contributed by atoms with Crippen LogP contribution in [-0.2, 0) is 16.8 Å². The quantitative estimate of drug-likeness (QED) is 0.828. The van der Waals surface area contributed by atoms with Crippen molar-refractivity contribution in [2.24, 2.45) is 0 Å². The fourth-order valence-electron chi connectivity index (χ4n) is 2.81. The van der Waals surface area contributed by atoms with E-state index in [1.807, 2.05) is 12.5 Å². The molecule has 1 fully saturated rings. The number of carbonyl (C=O) groups is 1. The zero-order chi connectivity index (χ0) is 14.4. The number of nitrogens with one attached hydrogen (secondary N) is 2. The molecule has 5 heteroatoms. The largest absolute Gasteiger partial charge is 0.356 e. The van der Waals surface area contributed by atoms with E-state index in [1.165, 1.54) is 5.69 Å². The summed E-state index contributed by atoms with van der Waals surface area (Å²) in [4.78, 5) is 16.0. The van der Waals surface area contributed by atoms with Crippen LogP contribution in [0, 0.1) is 0 Å². The number of imidazole rings is 1. The van der Waals surface area contributed by atoms with Gasteiger partial charge in [0.1, 0.15) is 0 Å². The molecule has 0 atom stereocenters. The molecule has 1 aliphatic heterocycles. The highest BCUT2D eigenvalue weighted by Crippen LogP contribution is 2.32. The van der Waals surface area contributed by atoms with Crippen molar-refractivity contribution in [2.75, 3.05) is 19.6 Å². The fourth-order valence-corrected chi connectivity index (χ4v) is 2.81. The zero-order valence-electron chi connectivity index (χ0n) is 12.6. The number of aromatic nitrogens is 2. The molecule has 0 spiro atoms. The van der Waals surface area contributed by atoms with Gasteiger partial charge < -0.3 is 15.2 Å². The van der Waals surface area contributed by atoms with Gasteiger partial charge in [-0.25, -0.2) is 4.98 Å². The molecule has 0 bridgehead atoms. The molecular formula is C15H26N4O. The van der Waals surface area contributed by atoms with Crippen LogP contribution in [0.5, 0.6) is 0 Å². The van der Waals surface area contributed by atoms with Crippen LogP contribution < -0.4 is 10.6 Å². The van der Waals surface area contributed by atoms with Gasteiger partial charge in [-0.05, 0) is 32.4 Å². The number of nitrogens with zero attached hydrogens (tertiary/aromatic N) is 2. The van der Waals surface area contributed by atoms with Gasteiger partial charge in [0, 0.05) is 36.8 Å². The van der Waals surface area contributed by atoms with Gasteiger partial charge in [-0.2, -0.15) is 0 Å². The van der Waals surface area contributed by atoms with Gasteiger partial charge >= 0.3 is 0 Å². The van der Waals surface area contributed by atoms with Crippen molar-refractivity contribution >= 4 is 5.91 Å². The van der Waals surface area contributed by atoms with Gasteiger partial charge in [-0.15, -0.1) is 0 Å². The summed E-state index contributed by atoms with van der Waals surface area (Å²) in [5.41, 5.74) is 1.45. The first-order chi connectivity index (χ1) is 9.65. The number of aryl methyl sites for hydroxylation is 1. The molecule has 0 aliphatic carbocycles. The molecule has 112 valence electrons. The maximum absolute atomic E-state index is 11.7. The molecular weight excluding hydrogens is 252 g/mol. The van der Waals surface area contributed by atoms with Gasteiger partial charge in [0.05, 0.1) is 6.33 Å². The molecule has 1 aromatic heterocycles. The lowest BCUT2D eigenvalue weighted by molar-refractivity contribution is -0.121. The number of amides is 1. The predicted molar refractivity (Wildman–Crippen MR) is 79.6 cm³/mol. The first kappa shape index (κ1) is 15.0. The van der Waals surface area contributed by atoms with Gasteiger partial charge in [-0.1, -0.05) is 13.8 Å². The lowest BCUT2D eigenvalue weighted by Crippen LogP contribution is -2.39. The maximum Gasteiger partial charge on any atom is 0.221 e. The summed E-state index contributed by atoms with van der Waals surface area (Å²) >= 11 is 0. The minimum atomic E-state index is 0.127. The Kier molecular flexibility index (Phi) is 5.17. The smallest absolute Gasteiger partial charge is 0.221 e. The van der Waals surface area contributed by atoms with Crippen molar-refractivity contribution in [3.63, 3.8) is 0 Å². The van der Waals surface area contributed by atoms with Gasteiger partial charge in [-0.3, -0.25) is 4.79 Å². The maximum atomic E-state index is 11.7. The number of hydrogen-bond donors (Lipinski definition) is 2. The Balaban J connectivity index is 1.96. The summed E-state index contributed by atoms with van der Waals surface area (Å²) in [5, 5.41) is 6.32. The van der Waals surface area contributed by atoms with Crippen LogP contribution in [0.25, 0.3) is 0 Å². The highest BCUT2D eigenvalue weighted by molar-refractivity contribution is 5.75. The van der Waals surface area contributed by atoms with Gasteiger partial charge in [0.15, 0.2) is 0 Å². The number of piperidine rings is 1. The molecule has 0 aromatic carbocycles. The molecule has 1 aromatic rings. The summed E-state index contributed by atoms with van der Waals surface area (Å²) in [5.74, 6) is 0.127. The molecule has 1 saturated heterocycles. The van der Waals surface area contributed by atoms with E-state index in [4.69, 9.17) is 0 Å². The van der Waals surface area contributed by atoms with Crippen molar-refractivity contribution in [1.82, 2.24) is 20.2 Å². The Morgan fingerprint density at radius 3 is 2.95 bits per heavy atom. The van der Waals surface area contributed by atoms with Crippen molar-refractivity contribution in [2.45, 2.75) is 51.5 Å². The lowest BCUT2D eigenvalue weighted by Gasteiger charge is -2.34. The van der Waals surface area contributed by atoms with E-state index in [1.54, 1.807) is 0 Å². The van der Waals surface area contributed by atoms with E-state index < -0.39 is 0 Å². The van der Waals surface area contributed by atoms with E-state index in [0.29, 0.717) is 13.0 Å². The third kappa shape index (κ3) is 3.60. The van der Waals surface area contributed by atoms with E-state index >= 15 is 0 Å². The van der Waals surface area contributed by atoms with Crippen LogP contribution in [0.4, 0.5) is 0 Å².